The third-order valence-corrected chi connectivity index (χ3v) is 1.79. The summed E-state index contributed by atoms with van der Waals surface area (Å²) in [5.41, 5.74) is 3.11. The Bertz CT molecular complexity index is 206. The summed E-state index contributed by atoms with van der Waals surface area (Å²) in [4.78, 5) is 0. The van der Waals surface area contributed by atoms with Gasteiger partial charge in [0.15, 0.2) is 0 Å². The molecule has 0 aromatic heterocycles. The van der Waals surface area contributed by atoms with E-state index in [9.17, 15) is 5.11 Å². The van der Waals surface area contributed by atoms with Crippen molar-refractivity contribution >= 4 is 0 Å². The number of aryl methyl sites for hydroxylation is 3. The molecule has 11 heavy (non-hydrogen) atoms. The van der Waals surface area contributed by atoms with E-state index in [0.717, 1.165) is 11.1 Å². The number of hydrogen-bond donors (Lipinski definition) is 0. The molecule has 0 atom stereocenters. The normalized spacial score (nSPS) is 9.00. The van der Waals surface area contributed by atoms with Crippen LogP contribution in [-0.4, -0.2) is 0 Å². The first-order valence-electron chi connectivity index (χ1n) is 3.36. The summed E-state index contributed by atoms with van der Waals surface area (Å²) < 4.78 is 0. The van der Waals surface area contributed by atoms with Crippen molar-refractivity contribution in [3.63, 3.8) is 0 Å². The molecule has 0 amide bonds. The van der Waals surface area contributed by atoms with Gasteiger partial charge in [0.25, 0.3) is 0 Å². The van der Waals surface area contributed by atoms with Gasteiger partial charge in [-0.25, -0.2) is 0 Å². The molecule has 1 aromatic carbocycles. The van der Waals surface area contributed by atoms with Crippen LogP contribution in [0.25, 0.3) is 0 Å². The van der Waals surface area contributed by atoms with Gasteiger partial charge >= 0.3 is 18.9 Å². The van der Waals surface area contributed by atoms with Gasteiger partial charge in [0.05, 0.1) is 0 Å². The van der Waals surface area contributed by atoms with Crippen LogP contribution in [0.3, 0.4) is 0 Å². The average Bonchev–Trinajstić information content (AvgIpc) is 1.84. The zero-order valence-electron chi connectivity index (χ0n) is 7.56. The number of rotatable bonds is 0. The maximum atomic E-state index is 11.0. The SMILES string of the molecule is Cc1cc(C)c([O-])cc1C.[Li+]. The third kappa shape index (κ3) is 2.29. The van der Waals surface area contributed by atoms with E-state index in [1.165, 1.54) is 5.56 Å². The van der Waals surface area contributed by atoms with Crippen molar-refractivity contribution < 1.29 is 24.0 Å². The predicted molar refractivity (Wildman–Crippen MR) is 40.1 cm³/mol. The van der Waals surface area contributed by atoms with Crippen LogP contribution in [0, 0.1) is 20.8 Å². The Morgan fingerprint density at radius 1 is 0.909 bits per heavy atom. The van der Waals surface area contributed by atoms with Gasteiger partial charge in [-0.15, -0.1) is 5.75 Å². The molecule has 0 aliphatic carbocycles. The monoisotopic (exact) mass is 142 g/mol. The second kappa shape index (κ2) is 3.85. The molecule has 0 N–H and O–H groups in total. The molecule has 0 bridgehead atoms. The molecule has 2 heteroatoms. The van der Waals surface area contributed by atoms with Gasteiger partial charge in [-0.2, -0.15) is 0 Å². The molecule has 1 nitrogen and oxygen atoms in total. The molecule has 0 fully saturated rings. The molecule has 1 rings (SSSR count). The van der Waals surface area contributed by atoms with E-state index in [2.05, 4.69) is 0 Å². The van der Waals surface area contributed by atoms with Gasteiger partial charge in [-0.05, 0) is 31.9 Å². The molecule has 0 spiro atoms. The van der Waals surface area contributed by atoms with Gasteiger partial charge in [0.2, 0.25) is 0 Å². The molecule has 0 saturated carbocycles. The third-order valence-electron chi connectivity index (χ3n) is 1.79. The minimum absolute atomic E-state index is 0. The molecule has 0 heterocycles. The van der Waals surface area contributed by atoms with Crippen molar-refractivity contribution in [2.45, 2.75) is 20.8 Å². The Kier molecular flexibility index (Phi) is 3.72. The first kappa shape index (κ1) is 10.6. The van der Waals surface area contributed by atoms with Crippen LogP contribution in [0.15, 0.2) is 12.1 Å². The molecule has 54 valence electrons. The Hall–Kier alpha value is -0.383. The largest absolute Gasteiger partial charge is 1.00 e. The molecule has 0 aliphatic rings. The first-order chi connectivity index (χ1) is 4.61. The van der Waals surface area contributed by atoms with E-state index in [1.54, 1.807) is 6.07 Å². The summed E-state index contributed by atoms with van der Waals surface area (Å²) in [6.45, 7) is 5.81. The van der Waals surface area contributed by atoms with Gasteiger partial charge in [-0.1, -0.05) is 17.7 Å². The Morgan fingerprint density at radius 3 is 1.82 bits per heavy atom. The van der Waals surface area contributed by atoms with Crippen LogP contribution in [0.4, 0.5) is 0 Å². The van der Waals surface area contributed by atoms with Crippen molar-refractivity contribution in [3.8, 4) is 5.75 Å². The van der Waals surface area contributed by atoms with Crippen LogP contribution in [0.1, 0.15) is 16.7 Å². The summed E-state index contributed by atoms with van der Waals surface area (Å²) in [6, 6.07) is 3.61. The van der Waals surface area contributed by atoms with E-state index in [-0.39, 0.29) is 24.6 Å². The fourth-order valence-corrected chi connectivity index (χ4v) is 0.934. The van der Waals surface area contributed by atoms with Crippen LogP contribution in [0.5, 0.6) is 5.75 Å². The van der Waals surface area contributed by atoms with Gasteiger partial charge < -0.3 is 5.11 Å². The first-order valence-corrected chi connectivity index (χ1v) is 3.36. The second-order valence-corrected chi connectivity index (χ2v) is 2.70. The van der Waals surface area contributed by atoms with Gasteiger partial charge in [-0.3, -0.25) is 0 Å². The van der Waals surface area contributed by atoms with Crippen molar-refractivity contribution in [2.24, 2.45) is 0 Å². The minimum Gasteiger partial charge on any atom is -0.872 e. The standard InChI is InChI=1S/C9H12O.Li/c1-6-4-8(3)9(10)5-7(6)2;/h4-5,10H,1-3H3;/q;+1/p-1. The number of hydrogen-bond acceptors (Lipinski definition) is 1. The summed E-state index contributed by atoms with van der Waals surface area (Å²) in [7, 11) is 0. The molecular formula is C9H11LiO. The van der Waals surface area contributed by atoms with Crippen LogP contribution in [-0.2, 0) is 0 Å². The van der Waals surface area contributed by atoms with E-state index in [0.29, 0.717) is 0 Å². The summed E-state index contributed by atoms with van der Waals surface area (Å²) in [5, 5.41) is 11.0. The summed E-state index contributed by atoms with van der Waals surface area (Å²) in [6.07, 6.45) is 0. The fraction of sp³-hybridized carbons (Fsp3) is 0.333. The van der Waals surface area contributed by atoms with E-state index in [4.69, 9.17) is 0 Å². The quantitative estimate of drug-likeness (QED) is 0.412. The van der Waals surface area contributed by atoms with Crippen molar-refractivity contribution in [2.75, 3.05) is 0 Å². The molecule has 0 radical (unpaired) electrons. The van der Waals surface area contributed by atoms with Crippen molar-refractivity contribution in [3.05, 3.63) is 28.8 Å². The van der Waals surface area contributed by atoms with E-state index in [1.807, 2.05) is 26.8 Å². The van der Waals surface area contributed by atoms with Gasteiger partial charge in [0, 0.05) is 0 Å². The topological polar surface area (TPSA) is 23.1 Å². The second-order valence-electron chi connectivity index (χ2n) is 2.70. The predicted octanol–water partition coefficient (Wildman–Crippen LogP) is -1.31. The van der Waals surface area contributed by atoms with Crippen LogP contribution in [0.2, 0.25) is 0 Å². The zero-order chi connectivity index (χ0) is 7.72. The molecular weight excluding hydrogens is 131 g/mol. The Morgan fingerprint density at radius 2 is 1.36 bits per heavy atom. The molecule has 0 saturated heterocycles. The smallest absolute Gasteiger partial charge is 0.872 e. The minimum atomic E-state index is 0. The zero-order valence-corrected chi connectivity index (χ0v) is 7.56. The Labute approximate surface area is 79.6 Å². The van der Waals surface area contributed by atoms with E-state index < -0.39 is 0 Å². The molecule has 0 aliphatic heterocycles. The van der Waals surface area contributed by atoms with Crippen LogP contribution >= 0.6 is 0 Å². The van der Waals surface area contributed by atoms with Crippen molar-refractivity contribution in [1.29, 1.82) is 0 Å². The van der Waals surface area contributed by atoms with Crippen molar-refractivity contribution in [1.82, 2.24) is 0 Å². The Balaban J connectivity index is 0.000001000. The summed E-state index contributed by atoms with van der Waals surface area (Å²) in [5.74, 6) is 0.142. The van der Waals surface area contributed by atoms with Gasteiger partial charge in [0.1, 0.15) is 0 Å². The van der Waals surface area contributed by atoms with Crippen LogP contribution < -0.4 is 24.0 Å². The molecule has 0 unspecified atom stereocenters. The maximum absolute atomic E-state index is 11.0. The average molecular weight is 142 g/mol. The van der Waals surface area contributed by atoms with E-state index >= 15 is 0 Å². The molecule has 1 aromatic rings. The maximum Gasteiger partial charge on any atom is 1.00 e. The number of benzene rings is 1. The summed E-state index contributed by atoms with van der Waals surface area (Å²) >= 11 is 0. The fourth-order valence-electron chi connectivity index (χ4n) is 0.934.